The molecule has 0 unspecified atom stereocenters. The Morgan fingerprint density at radius 2 is 2.09 bits per heavy atom. The number of aromatic amines is 1. The van der Waals surface area contributed by atoms with Crippen molar-refractivity contribution < 1.29 is 14.3 Å². The Morgan fingerprint density at radius 1 is 1.30 bits per heavy atom. The lowest BCUT2D eigenvalue weighted by Gasteiger charge is -2.35. The Bertz CT molecular complexity index is 1120. The van der Waals surface area contributed by atoms with Crippen molar-refractivity contribution in [3.63, 3.8) is 0 Å². The van der Waals surface area contributed by atoms with Gasteiger partial charge in [-0.2, -0.15) is 5.10 Å². The molecule has 1 atom stereocenters. The molecule has 2 aromatic heterocycles. The molecular formula is C22H27N7O3S. The molecule has 3 N–H and O–H groups in total. The number of ether oxygens (including phenoxy) is 2. The molecule has 0 radical (unpaired) electrons. The number of H-pyrrole nitrogens is 1. The van der Waals surface area contributed by atoms with E-state index in [4.69, 9.17) is 19.4 Å². The highest BCUT2D eigenvalue weighted by Crippen LogP contribution is 2.39. The number of carbonyl (C=O) groups excluding carboxylic acids is 1. The SMILES string of the molecule is COc1c(Nc2cc(C)[nH]n2)nc(Sc2ccc(NC(C)=O)cc2)nc1N1CCOC[C@@H]1C. The van der Waals surface area contributed by atoms with Crippen molar-refractivity contribution >= 4 is 40.8 Å². The monoisotopic (exact) mass is 469 g/mol. The molecule has 0 saturated carbocycles. The van der Waals surface area contributed by atoms with Gasteiger partial charge in [-0.15, -0.1) is 0 Å². The Labute approximate surface area is 196 Å². The topological polar surface area (TPSA) is 117 Å². The number of hydrogen-bond donors (Lipinski definition) is 3. The van der Waals surface area contributed by atoms with Gasteiger partial charge in [0.2, 0.25) is 11.7 Å². The van der Waals surface area contributed by atoms with Crippen LogP contribution < -0.4 is 20.3 Å². The summed E-state index contributed by atoms with van der Waals surface area (Å²) >= 11 is 1.43. The zero-order valence-electron chi connectivity index (χ0n) is 19.0. The number of amides is 1. The normalized spacial score (nSPS) is 15.9. The molecule has 0 bridgehead atoms. The van der Waals surface area contributed by atoms with Gasteiger partial charge < -0.3 is 25.0 Å². The molecule has 0 aliphatic carbocycles. The molecule has 1 saturated heterocycles. The van der Waals surface area contributed by atoms with Crippen molar-refractivity contribution in [1.82, 2.24) is 20.2 Å². The molecule has 4 rings (SSSR count). The minimum absolute atomic E-state index is 0.109. The van der Waals surface area contributed by atoms with E-state index in [9.17, 15) is 4.79 Å². The third-order valence-corrected chi connectivity index (χ3v) is 5.88. The van der Waals surface area contributed by atoms with Gasteiger partial charge in [-0.05, 0) is 49.9 Å². The smallest absolute Gasteiger partial charge is 0.221 e. The van der Waals surface area contributed by atoms with Crippen molar-refractivity contribution in [2.24, 2.45) is 0 Å². The molecule has 33 heavy (non-hydrogen) atoms. The number of nitrogens with one attached hydrogen (secondary N) is 3. The van der Waals surface area contributed by atoms with E-state index in [1.807, 2.05) is 37.3 Å². The van der Waals surface area contributed by atoms with E-state index >= 15 is 0 Å². The van der Waals surface area contributed by atoms with Crippen molar-refractivity contribution in [3.05, 3.63) is 36.0 Å². The van der Waals surface area contributed by atoms with E-state index in [1.54, 1.807) is 7.11 Å². The van der Waals surface area contributed by atoms with Crippen LogP contribution in [0.1, 0.15) is 19.5 Å². The van der Waals surface area contributed by atoms with Crippen molar-refractivity contribution in [2.75, 3.05) is 42.4 Å². The lowest BCUT2D eigenvalue weighted by atomic mass is 10.2. The molecule has 1 aliphatic heterocycles. The van der Waals surface area contributed by atoms with Gasteiger partial charge in [-0.3, -0.25) is 9.89 Å². The fourth-order valence-electron chi connectivity index (χ4n) is 3.49. The molecule has 3 aromatic rings. The summed E-state index contributed by atoms with van der Waals surface area (Å²) in [6.07, 6.45) is 0. The summed E-state index contributed by atoms with van der Waals surface area (Å²) in [5.74, 6) is 2.32. The van der Waals surface area contributed by atoms with Crippen LogP contribution in [0.15, 0.2) is 40.4 Å². The van der Waals surface area contributed by atoms with Crippen LogP contribution in [0, 0.1) is 6.92 Å². The first-order chi connectivity index (χ1) is 15.9. The number of hydrogen-bond acceptors (Lipinski definition) is 9. The minimum Gasteiger partial charge on any atom is -0.490 e. The minimum atomic E-state index is -0.109. The molecule has 11 heteroatoms. The van der Waals surface area contributed by atoms with Gasteiger partial charge >= 0.3 is 0 Å². The number of aryl methyl sites for hydroxylation is 1. The highest BCUT2D eigenvalue weighted by Gasteiger charge is 2.27. The predicted molar refractivity (Wildman–Crippen MR) is 128 cm³/mol. The summed E-state index contributed by atoms with van der Waals surface area (Å²) in [6.45, 7) is 7.44. The van der Waals surface area contributed by atoms with Crippen molar-refractivity contribution in [3.8, 4) is 5.75 Å². The number of rotatable bonds is 7. The van der Waals surface area contributed by atoms with Gasteiger partial charge in [0.25, 0.3) is 0 Å². The molecule has 1 aliphatic rings. The highest BCUT2D eigenvalue weighted by atomic mass is 32.2. The summed E-state index contributed by atoms with van der Waals surface area (Å²) < 4.78 is 11.4. The molecule has 10 nitrogen and oxygen atoms in total. The summed E-state index contributed by atoms with van der Waals surface area (Å²) in [5.41, 5.74) is 1.67. The number of methoxy groups -OCH3 is 1. The van der Waals surface area contributed by atoms with Crippen LogP contribution in [0.5, 0.6) is 5.75 Å². The zero-order chi connectivity index (χ0) is 23.4. The lowest BCUT2D eigenvalue weighted by Crippen LogP contribution is -2.44. The first-order valence-corrected chi connectivity index (χ1v) is 11.4. The molecule has 1 fully saturated rings. The highest BCUT2D eigenvalue weighted by molar-refractivity contribution is 7.99. The van der Waals surface area contributed by atoms with Crippen LogP contribution in [0.2, 0.25) is 0 Å². The second-order valence-electron chi connectivity index (χ2n) is 7.70. The number of aromatic nitrogens is 4. The number of anilines is 4. The van der Waals surface area contributed by atoms with E-state index < -0.39 is 0 Å². The molecule has 1 amide bonds. The van der Waals surface area contributed by atoms with Gasteiger partial charge in [0.05, 0.1) is 26.4 Å². The van der Waals surface area contributed by atoms with Gasteiger partial charge in [0.1, 0.15) is 0 Å². The maximum atomic E-state index is 11.3. The van der Waals surface area contributed by atoms with Crippen LogP contribution in [0.4, 0.5) is 23.1 Å². The summed E-state index contributed by atoms with van der Waals surface area (Å²) in [7, 11) is 1.61. The first kappa shape index (κ1) is 22.9. The average molecular weight is 470 g/mol. The Balaban J connectivity index is 1.70. The standard InChI is InChI=1S/C22H27N7O3S/c1-13-11-18(28-27-13)24-20-19(31-4)21(29-9-10-32-12-14(29)2)26-22(25-20)33-17-7-5-16(6-8-17)23-15(3)30/h5-8,11,14H,9-10,12H2,1-4H3,(H,23,30)(H2,24,25,26,27,28)/t14-/m0/s1. The predicted octanol–water partition coefficient (Wildman–Crippen LogP) is 3.60. The van der Waals surface area contributed by atoms with Crippen LogP contribution in [-0.4, -0.2) is 59.0 Å². The summed E-state index contributed by atoms with van der Waals surface area (Å²) in [6, 6.07) is 9.58. The molecule has 1 aromatic carbocycles. The van der Waals surface area contributed by atoms with Crippen LogP contribution >= 0.6 is 11.8 Å². The Kier molecular flexibility index (Phi) is 6.99. The molecule has 0 spiro atoms. The van der Waals surface area contributed by atoms with Crippen molar-refractivity contribution in [2.45, 2.75) is 36.9 Å². The average Bonchev–Trinajstić information content (AvgIpc) is 3.19. The fraction of sp³-hybridized carbons (Fsp3) is 0.364. The van der Waals surface area contributed by atoms with Crippen LogP contribution in [0.25, 0.3) is 0 Å². The molecule has 3 heterocycles. The van der Waals surface area contributed by atoms with Crippen LogP contribution in [0.3, 0.4) is 0 Å². The summed E-state index contributed by atoms with van der Waals surface area (Å²) in [4.78, 5) is 24.0. The number of nitrogens with zero attached hydrogens (tertiary/aromatic N) is 4. The third-order valence-electron chi connectivity index (χ3n) is 5.01. The Morgan fingerprint density at radius 3 is 2.73 bits per heavy atom. The maximum Gasteiger partial charge on any atom is 0.221 e. The lowest BCUT2D eigenvalue weighted by molar-refractivity contribution is -0.114. The van der Waals surface area contributed by atoms with E-state index in [0.717, 1.165) is 16.3 Å². The Hall–Kier alpha value is -3.31. The van der Waals surface area contributed by atoms with E-state index in [0.29, 0.717) is 48.1 Å². The molecular weight excluding hydrogens is 442 g/mol. The number of morpholine rings is 1. The van der Waals surface area contributed by atoms with Crippen LogP contribution in [-0.2, 0) is 9.53 Å². The van der Waals surface area contributed by atoms with E-state index in [2.05, 4.69) is 32.7 Å². The molecule has 174 valence electrons. The number of benzene rings is 1. The van der Waals surface area contributed by atoms with E-state index in [-0.39, 0.29) is 11.9 Å². The van der Waals surface area contributed by atoms with Gasteiger partial charge in [0.15, 0.2) is 22.6 Å². The summed E-state index contributed by atoms with van der Waals surface area (Å²) in [5, 5.41) is 13.8. The second-order valence-corrected chi connectivity index (χ2v) is 8.74. The zero-order valence-corrected chi connectivity index (χ0v) is 19.8. The van der Waals surface area contributed by atoms with Gasteiger partial charge in [0, 0.05) is 35.8 Å². The van der Waals surface area contributed by atoms with Crippen molar-refractivity contribution in [1.29, 1.82) is 0 Å². The largest absolute Gasteiger partial charge is 0.490 e. The van der Waals surface area contributed by atoms with E-state index in [1.165, 1.54) is 18.7 Å². The number of carbonyl (C=O) groups is 1. The fourth-order valence-corrected chi connectivity index (χ4v) is 4.24. The maximum absolute atomic E-state index is 11.3. The van der Waals surface area contributed by atoms with Gasteiger partial charge in [-0.25, -0.2) is 9.97 Å². The first-order valence-electron chi connectivity index (χ1n) is 10.6. The quantitative estimate of drug-likeness (QED) is 0.446. The van der Waals surface area contributed by atoms with Gasteiger partial charge in [-0.1, -0.05) is 0 Å². The second kappa shape index (κ2) is 10.1. The third kappa shape index (κ3) is 5.55.